The van der Waals surface area contributed by atoms with Crippen molar-refractivity contribution in [3.8, 4) is 40.0 Å². The largest absolute Gasteiger partial charge is 0.507 e. The van der Waals surface area contributed by atoms with E-state index < -0.39 is 5.97 Å². The monoisotopic (exact) mass is 413 g/mol. The predicted molar refractivity (Wildman–Crippen MR) is 108 cm³/mol. The van der Waals surface area contributed by atoms with Gasteiger partial charge in [0.05, 0.1) is 22.4 Å². The first-order valence-corrected chi connectivity index (χ1v) is 8.42. The van der Waals surface area contributed by atoms with Crippen molar-refractivity contribution in [1.82, 2.24) is 14.8 Å². The number of carbonyl (C=O) groups is 1. The first kappa shape index (κ1) is 20.9. The van der Waals surface area contributed by atoms with Gasteiger partial charge in [0, 0.05) is 37.7 Å². The van der Waals surface area contributed by atoms with Gasteiger partial charge in [-0.3, -0.25) is 0 Å². The van der Waals surface area contributed by atoms with Crippen molar-refractivity contribution < 1.29 is 20.1 Å². The van der Waals surface area contributed by atoms with Crippen molar-refractivity contribution in [3.05, 3.63) is 78.4 Å². The molecule has 0 saturated carbocycles. The van der Waals surface area contributed by atoms with Crippen LogP contribution in [0.5, 0.6) is 11.5 Å². The van der Waals surface area contributed by atoms with Gasteiger partial charge in [0.15, 0.2) is 11.6 Å². The molecule has 0 aliphatic rings. The van der Waals surface area contributed by atoms with Crippen molar-refractivity contribution >= 4 is 43.7 Å². The molecule has 4 rings (SSSR count). The van der Waals surface area contributed by atoms with Crippen LogP contribution in [-0.4, -0.2) is 73.8 Å². The van der Waals surface area contributed by atoms with Gasteiger partial charge in [-0.05, 0) is 48.5 Å². The minimum atomic E-state index is -1.03. The van der Waals surface area contributed by atoms with Crippen LogP contribution < -0.4 is 0 Å². The molecular formula is C21H15CaN3O4. The summed E-state index contributed by atoms with van der Waals surface area (Å²) >= 11 is 0. The minimum Gasteiger partial charge on any atom is -0.507 e. The average molecular weight is 413 g/mol. The van der Waals surface area contributed by atoms with Crippen LogP contribution in [0.4, 0.5) is 0 Å². The SMILES string of the molecule is O=C(O)c1ccc(-n2nc(-c3ccccc3O)nc2-c2ccccc2O)cc1.[Ca]. The third-order valence-electron chi connectivity index (χ3n) is 4.26. The van der Waals surface area contributed by atoms with Crippen molar-refractivity contribution in [2.75, 3.05) is 0 Å². The zero-order chi connectivity index (χ0) is 19.7. The molecule has 3 N–H and O–H groups in total. The van der Waals surface area contributed by atoms with E-state index in [1.807, 2.05) is 0 Å². The normalized spacial score (nSPS) is 10.3. The molecule has 4 aromatic rings. The molecule has 0 aliphatic carbocycles. The predicted octanol–water partition coefficient (Wildman–Crippen LogP) is 3.33. The molecule has 0 bridgehead atoms. The van der Waals surface area contributed by atoms with Gasteiger partial charge in [0.2, 0.25) is 0 Å². The van der Waals surface area contributed by atoms with E-state index in [1.165, 1.54) is 22.9 Å². The minimum absolute atomic E-state index is 0. The van der Waals surface area contributed by atoms with E-state index in [2.05, 4.69) is 10.1 Å². The Balaban J connectivity index is 0.00000240. The fraction of sp³-hybridized carbons (Fsp3) is 0. The standard InChI is InChI=1S/C21H15N3O4.Ca/c25-17-7-3-1-5-15(17)19-22-20(16-6-2-4-8-18(16)26)24(23-19)14-11-9-13(10-12-14)21(27)28;/h1-12,25-26H,(H,27,28);. The number of phenolic OH excluding ortho intramolecular Hbond substituents is 2. The zero-order valence-corrected chi connectivity index (χ0v) is 17.4. The summed E-state index contributed by atoms with van der Waals surface area (Å²) in [4.78, 5) is 15.6. The number of benzene rings is 3. The van der Waals surface area contributed by atoms with Crippen LogP contribution in [0.25, 0.3) is 28.5 Å². The average Bonchev–Trinajstić information content (AvgIpc) is 3.13. The molecule has 140 valence electrons. The molecule has 1 aromatic heterocycles. The Bertz CT molecular complexity index is 1170. The smallest absolute Gasteiger partial charge is 0.335 e. The molecule has 0 spiro atoms. The molecule has 0 saturated heterocycles. The van der Waals surface area contributed by atoms with Crippen LogP contribution in [0.2, 0.25) is 0 Å². The van der Waals surface area contributed by atoms with E-state index in [9.17, 15) is 15.0 Å². The summed E-state index contributed by atoms with van der Waals surface area (Å²) in [7, 11) is 0. The number of hydrogen-bond donors (Lipinski definition) is 3. The number of aromatic nitrogens is 3. The molecule has 0 fully saturated rings. The summed E-state index contributed by atoms with van der Waals surface area (Å²) in [6, 6.07) is 19.5. The summed E-state index contributed by atoms with van der Waals surface area (Å²) < 4.78 is 1.50. The van der Waals surface area contributed by atoms with E-state index in [0.29, 0.717) is 22.6 Å². The molecule has 0 unspecified atom stereocenters. The third kappa shape index (κ3) is 4.12. The summed E-state index contributed by atoms with van der Waals surface area (Å²) in [5, 5.41) is 34.0. The quantitative estimate of drug-likeness (QED) is 0.443. The number of aromatic carboxylic acids is 1. The van der Waals surface area contributed by atoms with Crippen molar-refractivity contribution in [3.63, 3.8) is 0 Å². The van der Waals surface area contributed by atoms with Gasteiger partial charge in [-0.15, -0.1) is 5.10 Å². The molecule has 0 atom stereocenters. The number of hydrogen-bond acceptors (Lipinski definition) is 5. The van der Waals surface area contributed by atoms with E-state index in [1.54, 1.807) is 54.6 Å². The van der Waals surface area contributed by atoms with Gasteiger partial charge in [-0.2, -0.15) is 0 Å². The summed E-state index contributed by atoms with van der Waals surface area (Å²) in [6.07, 6.45) is 0. The molecule has 8 heteroatoms. The van der Waals surface area contributed by atoms with Crippen molar-refractivity contribution in [1.29, 1.82) is 0 Å². The third-order valence-corrected chi connectivity index (χ3v) is 4.26. The Morgan fingerprint density at radius 2 is 1.34 bits per heavy atom. The molecule has 1 heterocycles. The Morgan fingerprint density at radius 1 is 0.793 bits per heavy atom. The first-order chi connectivity index (χ1) is 13.5. The maximum absolute atomic E-state index is 11.1. The Hall–Kier alpha value is -2.87. The summed E-state index contributed by atoms with van der Waals surface area (Å²) in [5.74, 6) is -0.328. The second-order valence-electron chi connectivity index (χ2n) is 6.06. The molecule has 3 aromatic carbocycles. The number of rotatable bonds is 4. The van der Waals surface area contributed by atoms with Gasteiger partial charge in [0.25, 0.3) is 0 Å². The molecule has 29 heavy (non-hydrogen) atoms. The molecule has 0 amide bonds. The number of carboxylic acids is 1. The maximum Gasteiger partial charge on any atom is 0.335 e. The number of aromatic hydroxyl groups is 2. The Labute approximate surface area is 195 Å². The number of carboxylic acid groups (broad SMARTS) is 1. The maximum atomic E-state index is 11.1. The van der Waals surface area contributed by atoms with E-state index in [0.717, 1.165) is 0 Å². The van der Waals surface area contributed by atoms with E-state index >= 15 is 0 Å². The number of phenols is 2. The van der Waals surface area contributed by atoms with Crippen LogP contribution in [0.15, 0.2) is 72.8 Å². The number of para-hydroxylation sites is 2. The first-order valence-electron chi connectivity index (χ1n) is 8.42. The van der Waals surface area contributed by atoms with Crippen LogP contribution >= 0.6 is 0 Å². The van der Waals surface area contributed by atoms with Crippen LogP contribution in [0, 0.1) is 0 Å². The van der Waals surface area contributed by atoms with E-state index in [4.69, 9.17) is 5.11 Å². The zero-order valence-electron chi connectivity index (χ0n) is 15.2. The number of nitrogens with zero attached hydrogens (tertiary/aromatic N) is 3. The van der Waals surface area contributed by atoms with Crippen LogP contribution in [0.3, 0.4) is 0 Å². The van der Waals surface area contributed by atoms with Gasteiger partial charge >= 0.3 is 5.97 Å². The van der Waals surface area contributed by atoms with Crippen molar-refractivity contribution in [2.45, 2.75) is 0 Å². The molecule has 0 aliphatic heterocycles. The molecule has 7 nitrogen and oxygen atoms in total. The molecular weight excluding hydrogens is 398 g/mol. The summed E-state index contributed by atoms with van der Waals surface area (Å²) in [5.41, 5.74) is 1.62. The fourth-order valence-corrected chi connectivity index (χ4v) is 2.85. The summed E-state index contributed by atoms with van der Waals surface area (Å²) in [6.45, 7) is 0. The molecule has 2 radical (unpaired) electrons. The Kier molecular flexibility index (Phi) is 6.22. The van der Waals surface area contributed by atoms with Gasteiger partial charge in [-0.1, -0.05) is 24.3 Å². The van der Waals surface area contributed by atoms with Gasteiger partial charge < -0.3 is 15.3 Å². The second kappa shape index (κ2) is 8.65. The second-order valence-corrected chi connectivity index (χ2v) is 6.06. The van der Waals surface area contributed by atoms with Crippen LogP contribution in [-0.2, 0) is 0 Å². The Morgan fingerprint density at radius 3 is 1.90 bits per heavy atom. The fourth-order valence-electron chi connectivity index (χ4n) is 2.85. The topological polar surface area (TPSA) is 108 Å². The van der Waals surface area contributed by atoms with Gasteiger partial charge in [0.1, 0.15) is 11.5 Å². The van der Waals surface area contributed by atoms with Crippen molar-refractivity contribution in [2.24, 2.45) is 0 Å². The van der Waals surface area contributed by atoms with Gasteiger partial charge in [-0.25, -0.2) is 14.5 Å². The van der Waals surface area contributed by atoms with E-state index in [-0.39, 0.29) is 60.6 Å². The van der Waals surface area contributed by atoms with Crippen LogP contribution in [0.1, 0.15) is 10.4 Å².